The van der Waals surface area contributed by atoms with E-state index in [9.17, 15) is 8.42 Å². The number of nitrogens with zero attached hydrogens (tertiary/aromatic N) is 7. The monoisotopic (exact) mass is 501 g/mol. The van der Waals surface area contributed by atoms with Gasteiger partial charge in [0.15, 0.2) is 0 Å². The summed E-state index contributed by atoms with van der Waals surface area (Å²) < 4.78 is 31.5. The molecule has 11 heteroatoms. The molecule has 35 heavy (non-hydrogen) atoms. The largest absolute Gasteiger partial charge is 0.376 e. The quantitative estimate of drug-likeness (QED) is 0.560. The van der Waals surface area contributed by atoms with Crippen LogP contribution in [-0.2, 0) is 34.1 Å². The molecule has 2 aromatic heterocycles. The van der Waals surface area contributed by atoms with Crippen molar-refractivity contribution in [1.29, 1.82) is 0 Å². The van der Waals surface area contributed by atoms with E-state index in [1.165, 1.54) is 16.1 Å². The van der Waals surface area contributed by atoms with Crippen molar-refractivity contribution in [2.45, 2.75) is 51.7 Å². The first-order valence-corrected chi connectivity index (χ1v) is 14.5. The Balaban J connectivity index is 1.08. The molecule has 2 saturated heterocycles. The minimum absolute atomic E-state index is 0.193. The molecule has 0 N–H and O–H groups in total. The highest BCUT2D eigenvalue weighted by molar-refractivity contribution is 7.88. The second kappa shape index (κ2) is 10.3. The molecular formula is C24H35N7O3S. The van der Waals surface area contributed by atoms with Gasteiger partial charge in [-0.05, 0) is 37.2 Å². The standard InChI is InChI=1S/C24H35N7O3S/c1-3-18-12-25-23(26-13-18)29-8-4-19(5-9-29)17-34-21-6-10-30(16-21)24-27-14-20-15-31(35(2,32)33)11-7-22(20)28-24/h12-14,19,21H,3-11,15-17H2,1-2H3. The van der Waals surface area contributed by atoms with Crippen LogP contribution in [0.3, 0.4) is 0 Å². The molecule has 2 fully saturated rings. The Kier molecular flexibility index (Phi) is 7.17. The Hall–Kier alpha value is -2.37. The molecule has 0 spiro atoms. The minimum Gasteiger partial charge on any atom is -0.376 e. The Morgan fingerprint density at radius 1 is 0.971 bits per heavy atom. The van der Waals surface area contributed by atoms with Crippen LogP contribution in [0.2, 0.25) is 0 Å². The van der Waals surface area contributed by atoms with Crippen LogP contribution in [0.1, 0.15) is 43.0 Å². The molecule has 5 heterocycles. The molecule has 0 aromatic carbocycles. The SMILES string of the molecule is CCc1cnc(N2CCC(COC3CCN(c4ncc5c(n4)CCN(S(C)(=O)=O)C5)C3)CC2)nc1. The number of hydrogen-bond acceptors (Lipinski definition) is 9. The summed E-state index contributed by atoms with van der Waals surface area (Å²) in [4.78, 5) is 22.8. The van der Waals surface area contributed by atoms with Gasteiger partial charge in [-0.15, -0.1) is 0 Å². The van der Waals surface area contributed by atoms with E-state index in [2.05, 4.69) is 31.7 Å². The number of aryl methyl sites for hydroxylation is 1. The topological polar surface area (TPSA) is 105 Å². The van der Waals surface area contributed by atoms with Gasteiger partial charge in [0.2, 0.25) is 21.9 Å². The molecule has 0 amide bonds. The van der Waals surface area contributed by atoms with Crippen molar-refractivity contribution in [3.05, 3.63) is 35.4 Å². The van der Waals surface area contributed by atoms with E-state index in [1.54, 1.807) is 6.20 Å². The van der Waals surface area contributed by atoms with E-state index < -0.39 is 10.0 Å². The van der Waals surface area contributed by atoms with Crippen molar-refractivity contribution in [3.8, 4) is 0 Å². The number of hydrogen-bond donors (Lipinski definition) is 0. The van der Waals surface area contributed by atoms with E-state index >= 15 is 0 Å². The zero-order chi connectivity index (χ0) is 24.4. The second-order valence-corrected chi connectivity index (χ2v) is 11.8. The summed E-state index contributed by atoms with van der Waals surface area (Å²) in [6.45, 7) is 7.34. The molecule has 3 aliphatic rings. The molecule has 5 rings (SSSR count). The average molecular weight is 502 g/mol. The lowest BCUT2D eigenvalue weighted by Crippen LogP contribution is -2.37. The average Bonchev–Trinajstić information content (AvgIpc) is 3.36. The number of piperidine rings is 1. The highest BCUT2D eigenvalue weighted by Crippen LogP contribution is 2.25. The van der Waals surface area contributed by atoms with Crippen molar-refractivity contribution in [2.24, 2.45) is 5.92 Å². The Morgan fingerprint density at radius 3 is 2.40 bits per heavy atom. The fraction of sp³-hybridized carbons (Fsp3) is 0.667. The number of ether oxygens (including phenoxy) is 1. The fourth-order valence-corrected chi connectivity index (χ4v) is 5.82. The second-order valence-electron chi connectivity index (χ2n) is 9.85. The van der Waals surface area contributed by atoms with E-state index in [1.807, 2.05) is 12.4 Å². The molecule has 10 nitrogen and oxygen atoms in total. The molecule has 0 aliphatic carbocycles. The maximum atomic E-state index is 11.8. The zero-order valence-electron chi connectivity index (χ0n) is 20.6. The number of aromatic nitrogens is 4. The smallest absolute Gasteiger partial charge is 0.225 e. The van der Waals surface area contributed by atoms with Crippen LogP contribution in [0.5, 0.6) is 0 Å². The molecule has 3 aliphatic heterocycles. The molecule has 1 atom stereocenters. The third-order valence-corrected chi connectivity index (χ3v) is 8.60. The summed E-state index contributed by atoms with van der Waals surface area (Å²) in [5.41, 5.74) is 3.02. The summed E-state index contributed by atoms with van der Waals surface area (Å²) >= 11 is 0. The number of sulfonamides is 1. The third-order valence-electron chi connectivity index (χ3n) is 7.35. The maximum absolute atomic E-state index is 11.8. The van der Waals surface area contributed by atoms with Gasteiger partial charge in [0, 0.05) is 76.5 Å². The first-order chi connectivity index (χ1) is 16.9. The lowest BCUT2D eigenvalue weighted by Gasteiger charge is -2.32. The Labute approximate surface area is 207 Å². The lowest BCUT2D eigenvalue weighted by molar-refractivity contribution is 0.0361. The van der Waals surface area contributed by atoms with Crippen LogP contribution in [0.15, 0.2) is 18.6 Å². The van der Waals surface area contributed by atoms with Gasteiger partial charge in [-0.1, -0.05) is 6.92 Å². The zero-order valence-corrected chi connectivity index (χ0v) is 21.5. The van der Waals surface area contributed by atoms with Crippen LogP contribution < -0.4 is 9.80 Å². The van der Waals surface area contributed by atoms with Gasteiger partial charge in [-0.2, -0.15) is 4.31 Å². The van der Waals surface area contributed by atoms with Crippen LogP contribution in [-0.4, -0.2) is 84.3 Å². The number of anilines is 2. The van der Waals surface area contributed by atoms with E-state index in [0.717, 1.165) is 81.6 Å². The van der Waals surface area contributed by atoms with Crippen molar-refractivity contribution in [1.82, 2.24) is 24.2 Å². The highest BCUT2D eigenvalue weighted by Gasteiger charge is 2.29. The predicted molar refractivity (Wildman–Crippen MR) is 134 cm³/mol. The van der Waals surface area contributed by atoms with Crippen molar-refractivity contribution in [3.63, 3.8) is 0 Å². The van der Waals surface area contributed by atoms with Crippen LogP contribution in [0.4, 0.5) is 11.9 Å². The molecule has 2 aromatic rings. The summed E-state index contributed by atoms with van der Waals surface area (Å²) in [7, 11) is -3.20. The molecule has 0 bridgehead atoms. The van der Waals surface area contributed by atoms with E-state index in [0.29, 0.717) is 25.4 Å². The molecule has 1 unspecified atom stereocenters. The van der Waals surface area contributed by atoms with Gasteiger partial charge in [-0.3, -0.25) is 0 Å². The summed E-state index contributed by atoms with van der Waals surface area (Å²) in [6.07, 6.45) is 11.8. The number of fused-ring (bicyclic) bond motifs is 1. The van der Waals surface area contributed by atoms with Crippen molar-refractivity contribution >= 4 is 21.9 Å². The summed E-state index contributed by atoms with van der Waals surface area (Å²) in [6, 6.07) is 0. The maximum Gasteiger partial charge on any atom is 0.225 e. The van der Waals surface area contributed by atoms with Gasteiger partial charge in [-0.25, -0.2) is 28.4 Å². The van der Waals surface area contributed by atoms with Crippen molar-refractivity contribution < 1.29 is 13.2 Å². The van der Waals surface area contributed by atoms with E-state index in [4.69, 9.17) is 9.72 Å². The Bertz CT molecular complexity index is 1120. The Morgan fingerprint density at radius 2 is 1.69 bits per heavy atom. The molecular weight excluding hydrogens is 466 g/mol. The van der Waals surface area contributed by atoms with Crippen LogP contribution >= 0.6 is 0 Å². The van der Waals surface area contributed by atoms with Gasteiger partial charge < -0.3 is 14.5 Å². The van der Waals surface area contributed by atoms with Gasteiger partial charge >= 0.3 is 0 Å². The van der Waals surface area contributed by atoms with Gasteiger partial charge in [0.25, 0.3) is 0 Å². The first-order valence-electron chi connectivity index (χ1n) is 12.6. The molecule has 0 radical (unpaired) electrons. The lowest BCUT2D eigenvalue weighted by atomic mass is 9.98. The third kappa shape index (κ3) is 5.73. The van der Waals surface area contributed by atoms with Crippen molar-refractivity contribution in [2.75, 3.05) is 55.4 Å². The van der Waals surface area contributed by atoms with Crippen LogP contribution in [0, 0.1) is 5.92 Å². The molecule has 0 saturated carbocycles. The summed E-state index contributed by atoms with van der Waals surface area (Å²) in [5, 5.41) is 0. The fourth-order valence-electron chi connectivity index (χ4n) is 5.03. The first kappa shape index (κ1) is 24.3. The van der Waals surface area contributed by atoms with Gasteiger partial charge in [0.05, 0.1) is 18.1 Å². The van der Waals surface area contributed by atoms with Gasteiger partial charge in [0.1, 0.15) is 0 Å². The van der Waals surface area contributed by atoms with E-state index in [-0.39, 0.29) is 6.10 Å². The number of rotatable bonds is 7. The molecule has 190 valence electrons. The summed E-state index contributed by atoms with van der Waals surface area (Å²) in [5.74, 6) is 2.13. The predicted octanol–water partition coefficient (Wildman–Crippen LogP) is 1.66. The highest BCUT2D eigenvalue weighted by atomic mass is 32.2. The normalized spacial score (nSPS) is 21.9. The van der Waals surface area contributed by atoms with Crippen LogP contribution in [0.25, 0.3) is 0 Å². The minimum atomic E-state index is -3.20.